The molecule has 1 saturated carbocycles. The van der Waals surface area contributed by atoms with Gasteiger partial charge in [0, 0.05) is 0 Å². The molecule has 2 rings (SSSR count). The monoisotopic (exact) mass is 239 g/mol. The van der Waals surface area contributed by atoms with Gasteiger partial charge in [0.05, 0.1) is 12.6 Å². The molecule has 1 atom stereocenters. The van der Waals surface area contributed by atoms with Crippen LogP contribution in [0.3, 0.4) is 0 Å². The number of amides is 1. The van der Waals surface area contributed by atoms with Gasteiger partial charge in [0.2, 0.25) is 5.91 Å². The molecule has 0 aromatic heterocycles. The average Bonchev–Trinajstić information content (AvgIpc) is 2.48. The first-order valence-electron chi connectivity index (χ1n) is 6.05. The van der Waals surface area contributed by atoms with Gasteiger partial charge in [-0.25, -0.2) is 0 Å². The summed E-state index contributed by atoms with van der Waals surface area (Å²) in [6, 6.07) is 0. The summed E-state index contributed by atoms with van der Waals surface area (Å²) in [6.07, 6.45) is 5.28. The second kappa shape index (κ2) is 4.47. The summed E-state index contributed by atoms with van der Waals surface area (Å²) < 4.78 is 4.52. The van der Waals surface area contributed by atoms with Gasteiger partial charge in [0.25, 0.3) is 0 Å². The highest BCUT2D eigenvalue weighted by Crippen LogP contribution is 2.34. The van der Waals surface area contributed by atoms with Crippen molar-refractivity contribution in [2.45, 2.75) is 44.1 Å². The van der Waals surface area contributed by atoms with Gasteiger partial charge in [-0.2, -0.15) is 0 Å². The molecule has 1 saturated heterocycles. The van der Waals surface area contributed by atoms with Gasteiger partial charge in [-0.05, 0) is 12.8 Å². The summed E-state index contributed by atoms with van der Waals surface area (Å²) in [4.78, 5) is 35.4. The Kier molecular flexibility index (Phi) is 3.17. The van der Waals surface area contributed by atoms with Crippen molar-refractivity contribution in [1.29, 1.82) is 0 Å². The first kappa shape index (κ1) is 12.1. The van der Waals surface area contributed by atoms with Crippen molar-refractivity contribution in [2.75, 3.05) is 7.11 Å². The second-order valence-corrected chi connectivity index (χ2v) is 4.81. The van der Waals surface area contributed by atoms with Gasteiger partial charge >= 0.3 is 5.97 Å². The minimum atomic E-state index is -1.25. The number of hydrogen-bond donors (Lipinski definition) is 1. The van der Waals surface area contributed by atoms with Crippen LogP contribution in [-0.4, -0.2) is 30.3 Å². The average molecular weight is 239 g/mol. The van der Waals surface area contributed by atoms with Crippen LogP contribution >= 0.6 is 0 Å². The number of ether oxygens (including phenoxy) is 1. The summed E-state index contributed by atoms with van der Waals surface area (Å²) in [5, 5.41) is 2.74. The van der Waals surface area contributed by atoms with E-state index in [2.05, 4.69) is 10.1 Å². The van der Waals surface area contributed by atoms with Crippen LogP contribution in [0.2, 0.25) is 0 Å². The van der Waals surface area contributed by atoms with Crippen molar-refractivity contribution < 1.29 is 19.1 Å². The number of methoxy groups -OCH3 is 1. The largest absolute Gasteiger partial charge is 0.468 e. The Morgan fingerprint density at radius 1 is 1.24 bits per heavy atom. The van der Waals surface area contributed by atoms with Crippen LogP contribution < -0.4 is 5.32 Å². The van der Waals surface area contributed by atoms with Crippen LogP contribution in [0.25, 0.3) is 0 Å². The summed E-state index contributed by atoms with van der Waals surface area (Å²) in [6.45, 7) is 0. The van der Waals surface area contributed by atoms with E-state index in [1.165, 1.54) is 7.11 Å². The zero-order valence-corrected chi connectivity index (χ0v) is 9.95. The molecule has 0 aromatic rings. The highest BCUT2D eigenvalue weighted by molar-refractivity contribution is 6.24. The van der Waals surface area contributed by atoms with Crippen molar-refractivity contribution in [3.8, 4) is 0 Å². The third kappa shape index (κ3) is 1.94. The Hall–Kier alpha value is -1.39. The zero-order valence-electron chi connectivity index (χ0n) is 9.95. The Morgan fingerprint density at radius 2 is 1.82 bits per heavy atom. The lowest BCUT2D eigenvalue weighted by Gasteiger charge is -2.25. The van der Waals surface area contributed by atoms with Crippen LogP contribution in [-0.2, 0) is 19.1 Å². The fraction of sp³-hybridized carbons (Fsp3) is 0.750. The number of Topliss-reactive ketones (excluding diaryl/α,β-unsaturated/α-hetero) is 1. The Bertz CT molecular complexity index is 356. The molecule has 0 aromatic carbocycles. The van der Waals surface area contributed by atoms with E-state index >= 15 is 0 Å². The van der Waals surface area contributed by atoms with E-state index in [1.54, 1.807) is 0 Å². The molecule has 1 heterocycles. The minimum Gasteiger partial charge on any atom is -0.468 e. The molecular formula is C12H17NO4. The predicted molar refractivity (Wildman–Crippen MR) is 59.1 cm³/mol. The number of rotatable bonds is 1. The van der Waals surface area contributed by atoms with Crippen LogP contribution in [0.15, 0.2) is 0 Å². The van der Waals surface area contributed by atoms with E-state index in [9.17, 15) is 14.4 Å². The number of hydrogen-bond acceptors (Lipinski definition) is 4. The molecule has 1 N–H and O–H groups in total. The number of carbonyl (C=O) groups excluding carboxylic acids is 3. The maximum Gasteiger partial charge on any atom is 0.326 e. The fourth-order valence-electron chi connectivity index (χ4n) is 2.80. The smallest absolute Gasteiger partial charge is 0.326 e. The molecule has 1 aliphatic carbocycles. The number of nitrogens with one attached hydrogen (secondary N) is 1. The SMILES string of the molecule is COC(=O)C1C(=O)NC2(CCCCCC2)C1=O. The summed E-state index contributed by atoms with van der Waals surface area (Å²) in [5.74, 6) is -2.79. The third-order valence-electron chi connectivity index (χ3n) is 3.75. The Morgan fingerprint density at radius 3 is 2.35 bits per heavy atom. The van der Waals surface area contributed by atoms with Crippen LogP contribution in [0.1, 0.15) is 38.5 Å². The van der Waals surface area contributed by atoms with Crippen molar-refractivity contribution in [2.24, 2.45) is 5.92 Å². The predicted octanol–water partition coefficient (Wildman–Crippen LogP) is 0.567. The molecule has 0 radical (unpaired) electrons. The summed E-state index contributed by atoms with van der Waals surface area (Å²) in [7, 11) is 1.20. The topological polar surface area (TPSA) is 72.5 Å². The van der Waals surface area contributed by atoms with Gasteiger partial charge in [-0.1, -0.05) is 25.7 Å². The molecular weight excluding hydrogens is 222 g/mol. The van der Waals surface area contributed by atoms with Crippen molar-refractivity contribution in [1.82, 2.24) is 5.32 Å². The quantitative estimate of drug-likeness (QED) is 0.536. The molecule has 1 unspecified atom stereocenters. The molecule has 5 nitrogen and oxygen atoms in total. The standard InChI is InChI=1S/C12H17NO4/c1-17-11(16)8-9(14)12(13-10(8)15)6-4-2-3-5-7-12/h8H,2-7H2,1H3,(H,13,15). The zero-order chi connectivity index (χ0) is 12.5. The van der Waals surface area contributed by atoms with Gasteiger partial charge in [0.15, 0.2) is 11.7 Å². The maximum absolute atomic E-state index is 12.3. The van der Waals surface area contributed by atoms with Crippen molar-refractivity contribution in [3.05, 3.63) is 0 Å². The van der Waals surface area contributed by atoms with E-state index in [-0.39, 0.29) is 5.78 Å². The van der Waals surface area contributed by atoms with Crippen LogP contribution in [0.4, 0.5) is 0 Å². The molecule has 0 bridgehead atoms. The number of esters is 1. The molecule has 1 amide bonds. The van der Waals surface area contributed by atoms with Gasteiger partial charge in [0.1, 0.15) is 0 Å². The lowest BCUT2D eigenvalue weighted by Crippen LogP contribution is -2.46. The van der Waals surface area contributed by atoms with Gasteiger partial charge in [-0.3, -0.25) is 14.4 Å². The highest BCUT2D eigenvalue weighted by Gasteiger charge is 2.55. The lowest BCUT2D eigenvalue weighted by atomic mass is 9.84. The van der Waals surface area contributed by atoms with Crippen LogP contribution in [0.5, 0.6) is 0 Å². The van der Waals surface area contributed by atoms with E-state index < -0.39 is 23.3 Å². The molecule has 2 aliphatic rings. The summed E-state index contributed by atoms with van der Waals surface area (Å²) in [5.41, 5.74) is -0.799. The summed E-state index contributed by atoms with van der Waals surface area (Å²) >= 11 is 0. The van der Waals surface area contributed by atoms with E-state index in [4.69, 9.17) is 0 Å². The maximum atomic E-state index is 12.3. The highest BCUT2D eigenvalue weighted by atomic mass is 16.5. The minimum absolute atomic E-state index is 0.295. The van der Waals surface area contributed by atoms with E-state index in [0.29, 0.717) is 12.8 Å². The van der Waals surface area contributed by atoms with E-state index in [1.807, 2.05) is 0 Å². The van der Waals surface area contributed by atoms with Gasteiger partial charge < -0.3 is 10.1 Å². The normalized spacial score (nSPS) is 27.7. The fourth-order valence-corrected chi connectivity index (χ4v) is 2.80. The Balaban J connectivity index is 2.24. The molecule has 1 spiro atoms. The van der Waals surface area contributed by atoms with Crippen LogP contribution in [0, 0.1) is 5.92 Å². The molecule has 1 aliphatic heterocycles. The second-order valence-electron chi connectivity index (χ2n) is 4.81. The third-order valence-corrected chi connectivity index (χ3v) is 3.75. The number of ketones is 1. The number of carbonyl (C=O) groups is 3. The Labute approximate surface area is 99.9 Å². The lowest BCUT2D eigenvalue weighted by molar-refractivity contribution is -0.151. The molecule has 2 fully saturated rings. The first-order valence-corrected chi connectivity index (χ1v) is 6.05. The first-order chi connectivity index (χ1) is 8.10. The molecule has 17 heavy (non-hydrogen) atoms. The van der Waals surface area contributed by atoms with Gasteiger partial charge in [-0.15, -0.1) is 0 Å². The molecule has 5 heteroatoms. The molecule has 94 valence electrons. The van der Waals surface area contributed by atoms with Crippen molar-refractivity contribution in [3.63, 3.8) is 0 Å². The van der Waals surface area contributed by atoms with E-state index in [0.717, 1.165) is 25.7 Å². The van der Waals surface area contributed by atoms with Crippen molar-refractivity contribution >= 4 is 17.7 Å².